The second-order valence-corrected chi connectivity index (χ2v) is 8.14. The van der Waals surface area contributed by atoms with E-state index in [9.17, 15) is 22.0 Å². The van der Waals surface area contributed by atoms with Gasteiger partial charge in [-0.3, -0.25) is 4.79 Å². The van der Waals surface area contributed by atoms with E-state index in [1.807, 2.05) is 0 Å². The van der Waals surface area contributed by atoms with Crippen LogP contribution in [-0.2, 0) is 27.7 Å². The molecule has 2 aromatic carbocycles. The number of nitrogens with zero attached hydrogens (tertiary/aromatic N) is 1. The molecule has 0 unspecified atom stereocenters. The molecule has 0 saturated heterocycles. The summed E-state index contributed by atoms with van der Waals surface area (Å²) < 4.78 is 51.6. The average molecular weight is 396 g/mol. The van der Waals surface area contributed by atoms with Crippen LogP contribution in [0.4, 0.5) is 8.78 Å². The van der Waals surface area contributed by atoms with Crippen molar-refractivity contribution in [2.75, 3.05) is 25.9 Å². The van der Waals surface area contributed by atoms with Gasteiger partial charge in [-0.25, -0.2) is 21.5 Å². The minimum absolute atomic E-state index is 0.0778. The molecular formula is C19H22F2N2O3S. The molecule has 0 atom stereocenters. The number of halogens is 2. The number of hydrogen-bond acceptors (Lipinski definition) is 3. The van der Waals surface area contributed by atoms with Crippen LogP contribution < -0.4 is 5.32 Å². The van der Waals surface area contributed by atoms with Crippen molar-refractivity contribution in [3.8, 4) is 0 Å². The van der Waals surface area contributed by atoms with Crippen molar-refractivity contribution in [2.45, 2.75) is 12.8 Å². The highest BCUT2D eigenvalue weighted by Crippen LogP contribution is 2.09. The summed E-state index contributed by atoms with van der Waals surface area (Å²) in [6, 6.07) is 11.8. The first kappa shape index (κ1) is 21.0. The Kier molecular flexibility index (Phi) is 7.44. The van der Waals surface area contributed by atoms with Gasteiger partial charge in [0.25, 0.3) is 0 Å². The normalized spacial score (nSPS) is 11.6. The topological polar surface area (TPSA) is 66.5 Å². The first-order chi connectivity index (χ1) is 12.8. The second kappa shape index (κ2) is 9.57. The predicted molar refractivity (Wildman–Crippen MR) is 99.6 cm³/mol. The van der Waals surface area contributed by atoms with E-state index in [0.717, 1.165) is 6.26 Å². The van der Waals surface area contributed by atoms with Crippen LogP contribution in [0.1, 0.15) is 11.1 Å². The van der Waals surface area contributed by atoms with Crippen molar-refractivity contribution in [2.24, 2.45) is 0 Å². The summed E-state index contributed by atoms with van der Waals surface area (Å²) in [6.07, 6.45) is 1.40. The summed E-state index contributed by atoms with van der Waals surface area (Å²) in [5.41, 5.74) is 1.10. The molecule has 0 aliphatic heterocycles. The van der Waals surface area contributed by atoms with Gasteiger partial charge >= 0.3 is 0 Å². The molecule has 27 heavy (non-hydrogen) atoms. The summed E-state index contributed by atoms with van der Waals surface area (Å²) in [6.45, 7) is 0.334. The maximum absolute atomic E-state index is 13.7. The van der Waals surface area contributed by atoms with E-state index in [0.29, 0.717) is 11.1 Å². The molecule has 2 rings (SSSR count). The van der Waals surface area contributed by atoms with Gasteiger partial charge in [0.1, 0.15) is 11.6 Å². The summed E-state index contributed by atoms with van der Waals surface area (Å²) in [5.74, 6) is -1.04. The summed E-state index contributed by atoms with van der Waals surface area (Å²) >= 11 is 0. The third kappa shape index (κ3) is 7.07. The van der Waals surface area contributed by atoms with Crippen LogP contribution in [-0.4, -0.2) is 44.5 Å². The van der Waals surface area contributed by atoms with Crippen LogP contribution >= 0.6 is 0 Å². The number of sulfonamides is 1. The molecule has 1 amide bonds. The highest BCUT2D eigenvalue weighted by molar-refractivity contribution is 7.88. The predicted octanol–water partition coefficient (Wildman–Crippen LogP) is 2.13. The van der Waals surface area contributed by atoms with Crippen LogP contribution in [0.3, 0.4) is 0 Å². The minimum Gasteiger partial charge on any atom is -0.354 e. The Hall–Kier alpha value is -2.32. The monoisotopic (exact) mass is 396 g/mol. The van der Waals surface area contributed by atoms with E-state index in [1.54, 1.807) is 18.2 Å². The molecule has 0 bridgehead atoms. The molecule has 8 heteroatoms. The van der Waals surface area contributed by atoms with E-state index < -0.39 is 10.0 Å². The quantitative estimate of drug-likeness (QED) is 0.706. The van der Waals surface area contributed by atoms with Crippen molar-refractivity contribution in [1.29, 1.82) is 0 Å². The summed E-state index contributed by atoms with van der Waals surface area (Å²) in [7, 11) is -3.49. The molecule has 0 aliphatic rings. The van der Waals surface area contributed by atoms with Gasteiger partial charge in [-0.05, 0) is 35.7 Å². The minimum atomic E-state index is -3.49. The molecule has 0 saturated carbocycles. The number of hydrogen-bond donors (Lipinski definition) is 1. The van der Waals surface area contributed by atoms with E-state index in [-0.39, 0.29) is 50.0 Å². The Morgan fingerprint density at radius 1 is 1.04 bits per heavy atom. The molecule has 2 aromatic rings. The Morgan fingerprint density at radius 2 is 1.70 bits per heavy atom. The fraction of sp³-hybridized carbons (Fsp3) is 0.316. The highest BCUT2D eigenvalue weighted by atomic mass is 32.2. The number of carbonyl (C=O) groups excluding carboxylic acids is 1. The lowest BCUT2D eigenvalue weighted by atomic mass is 10.1. The van der Waals surface area contributed by atoms with Crippen molar-refractivity contribution in [3.05, 3.63) is 71.3 Å². The van der Waals surface area contributed by atoms with Crippen LogP contribution in [0.15, 0.2) is 48.5 Å². The molecule has 0 fully saturated rings. The SMILES string of the molecule is CS(=O)(=O)N(CCNC(=O)Cc1ccc(F)cc1)CCc1ccccc1F. The first-order valence-electron chi connectivity index (χ1n) is 8.45. The number of benzene rings is 2. The molecule has 146 valence electrons. The zero-order valence-electron chi connectivity index (χ0n) is 15.0. The van der Waals surface area contributed by atoms with Gasteiger partial charge in [0, 0.05) is 19.6 Å². The van der Waals surface area contributed by atoms with Crippen molar-refractivity contribution in [1.82, 2.24) is 9.62 Å². The van der Waals surface area contributed by atoms with Crippen LogP contribution in [0.2, 0.25) is 0 Å². The molecule has 0 radical (unpaired) electrons. The molecule has 0 heterocycles. The largest absolute Gasteiger partial charge is 0.354 e. The van der Waals surface area contributed by atoms with Crippen LogP contribution in [0.5, 0.6) is 0 Å². The summed E-state index contributed by atoms with van der Waals surface area (Å²) in [4.78, 5) is 11.9. The van der Waals surface area contributed by atoms with E-state index in [2.05, 4.69) is 5.32 Å². The van der Waals surface area contributed by atoms with Gasteiger partial charge in [-0.1, -0.05) is 30.3 Å². The van der Waals surface area contributed by atoms with E-state index in [1.165, 1.54) is 34.6 Å². The number of carbonyl (C=O) groups is 1. The maximum atomic E-state index is 13.7. The van der Waals surface area contributed by atoms with Gasteiger partial charge in [0.2, 0.25) is 15.9 Å². The van der Waals surface area contributed by atoms with Gasteiger partial charge in [0.15, 0.2) is 0 Å². The van der Waals surface area contributed by atoms with Gasteiger partial charge in [-0.15, -0.1) is 0 Å². The van der Waals surface area contributed by atoms with Gasteiger partial charge in [-0.2, -0.15) is 0 Å². The molecule has 1 N–H and O–H groups in total. The van der Waals surface area contributed by atoms with Crippen molar-refractivity contribution in [3.63, 3.8) is 0 Å². The Balaban J connectivity index is 1.84. The zero-order valence-corrected chi connectivity index (χ0v) is 15.8. The average Bonchev–Trinajstić information content (AvgIpc) is 2.60. The standard InChI is InChI=1S/C19H22F2N2O3S/c1-27(25,26)23(12-10-16-4-2-3-5-18(16)21)13-11-22-19(24)14-15-6-8-17(20)9-7-15/h2-9H,10-14H2,1H3,(H,22,24). The lowest BCUT2D eigenvalue weighted by molar-refractivity contribution is -0.120. The van der Waals surface area contributed by atoms with E-state index in [4.69, 9.17) is 0 Å². The van der Waals surface area contributed by atoms with Crippen LogP contribution in [0.25, 0.3) is 0 Å². The smallest absolute Gasteiger partial charge is 0.224 e. The van der Waals surface area contributed by atoms with Gasteiger partial charge in [0.05, 0.1) is 12.7 Å². The number of rotatable bonds is 9. The highest BCUT2D eigenvalue weighted by Gasteiger charge is 2.17. The molecular weight excluding hydrogens is 374 g/mol. The Bertz CT molecular complexity index is 871. The fourth-order valence-corrected chi connectivity index (χ4v) is 3.41. The summed E-state index contributed by atoms with van der Waals surface area (Å²) in [5, 5.41) is 2.65. The van der Waals surface area contributed by atoms with Crippen molar-refractivity contribution >= 4 is 15.9 Å². The lowest BCUT2D eigenvalue weighted by Crippen LogP contribution is -2.39. The molecule has 5 nitrogen and oxygen atoms in total. The van der Waals surface area contributed by atoms with E-state index >= 15 is 0 Å². The number of nitrogens with one attached hydrogen (secondary N) is 1. The first-order valence-corrected chi connectivity index (χ1v) is 10.3. The van der Waals surface area contributed by atoms with Crippen molar-refractivity contribution < 1.29 is 22.0 Å². The maximum Gasteiger partial charge on any atom is 0.224 e. The third-order valence-corrected chi connectivity index (χ3v) is 5.32. The third-order valence-electron chi connectivity index (χ3n) is 4.02. The molecule has 0 aliphatic carbocycles. The lowest BCUT2D eigenvalue weighted by Gasteiger charge is -2.20. The molecule has 0 spiro atoms. The Labute approximate surface area is 158 Å². The second-order valence-electron chi connectivity index (χ2n) is 6.16. The van der Waals surface area contributed by atoms with Gasteiger partial charge < -0.3 is 5.32 Å². The van der Waals surface area contributed by atoms with Crippen LogP contribution in [0, 0.1) is 11.6 Å². The zero-order chi connectivity index (χ0) is 19.9. The Morgan fingerprint density at radius 3 is 2.33 bits per heavy atom. The number of amides is 1. The fourth-order valence-electron chi connectivity index (χ4n) is 2.56. The molecule has 0 aromatic heterocycles.